The average molecular weight is 376 g/mol. The summed E-state index contributed by atoms with van der Waals surface area (Å²) in [5.41, 5.74) is 0.518. The van der Waals surface area contributed by atoms with Crippen molar-refractivity contribution in [3.05, 3.63) is 42.5 Å². The average Bonchev–Trinajstić information content (AvgIpc) is 3.03. The molecule has 24 heavy (non-hydrogen) atoms. The van der Waals surface area contributed by atoms with Crippen LogP contribution in [-0.2, 0) is 9.31 Å². The lowest BCUT2D eigenvalue weighted by molar-refractivity contribution is 0.00578. The highest BCUT2D eigenvalue weighted by Crippen LogP contribution is 2.38. The van der Waals surface area contributed by atoms with Gasteiger partial charge in [0.2, 0.25) is 0 Å². The molecule has 0 atom stereocenters. The molecule has 1 aliphatic rings. The Balaban J connectivity index is 0.000000815. The standard InChI is InChI=1S/C18H19BO2S.H2S2/c1-17(2)18(3,4)21-19(20-17)14-10-7-9-13-12-8-5-6-11-15(12)22-16(13)14;1-2/h5-11H,1-4H3;1-2H. The molecule has 0 radical (unpaired) electrons. The van der Waals surface area contributed by atoms with E-state index in [9.17, 15) is 0 Å². The smallest absolute Gasteiger partial charge is 0.399 e. The SMILES string of the molecule is CC1(C)OB(c2cccc3c2sc2ccccc23)OC1(C)C.SS. The Hall–Kier alpha value is -0.655. The van der Waals surface area contributed by atoms with Gasteiger partial charge in [-0.25, -0.2) is 0 Å². The van der Waals surface area contributed by atoms with Crippen molar-refractivity contribution in [3.8, 4) is 0 Å². The van der Waals surface area contributed by atoms with Gasteiger partial charge in [-0.05, 0) is 39.1 Å². The van der Waals surface area contributed by atoms with Gasteiger partial charge in [-0.1, -0.05) is 36.4 Å². The summed E-state index contributed by atoms with van der Waals surface area (Å²) in [6, 6.07) is 14.9. The van der Waals surface area contributed by atoms with Crippen LogP contribution in [0.1, 0.15) is 27.7 Å². The summed E-state index contributed by atoms with van der Waals surface area (Å²) >= 11 is 8.26. The highest BCUT2D eigenvalue weighted by molar-refractivity contribution is 8.59. The summed E-state index contributed by atoms with van der Waals surface area (Å²) in [7, 11) is -0.304. The Bertz CT molecular complexity index is 857. The fourth-order valence-corrected chi connectivity index (χ4v) is 4.15. The van der Waals surface area contributed by atoms with Crippen LogP contribution in [0.5, 0.6) is 0 Å². The van der Waals surface area contributed by atoms with E-state index >= 15 is 0 Å². The fourth-order valence-electron chi connectivity index (χ4n) is 2.92. The van der Waals surface area contributed by atoms with Crippen LogP contribution in [0.15, 0.2) is 42.5 Å². The molecule has 1 fully saturated rings. The summed E-state index contributed by atoms with van der Waals surface area (Å²) in [6.07, 6.45) is 0. The molecule has 0 spiro atoms. The molecule has 2 heterocycles. The third kappa shape index (κ3) is 2.88. The minimum atomic E-state index is -0.309. The Kier molecular flexibility index (Phi) is 4.97. The van der Waals surface area contributed by atoms with Gasteiger partial charge in [0, 0.05) is 20.2 Å². The van der Waals surface area contributed by atoms with Gasteiger partial charge in [-0.3, -0.25) is 0 Å². The summed E-state index contributed by atoms with van der Waals surface area (Å²) in [4.78, 5) is 0. The van der Waals surface area contributed by atoms with Gasteiger partial charge in [-0.2, -0.15) is 0 Å². The molecule has 1 saturated heterocycles. The molecule has 3 aromatic rings. The molecule has 1 aliphatic heterocycles. The van der Waals surface area contributed by atoms with Crippen molar-refractivity contribution in [2.75, 3.05) is 0 Å². The monoisotopic (exact) mass is 376 g/mol. The summed E-state index contributed by atoms with van der Waals surface area (Å²) in [5.74, 6) is 0. The lowest BCUT2D eigenvalue weighted by Crippen LogP contribution is -2.41. The van der Waals surface area contributed by atoms with Crippen LogP contribution in [0.2, 0.25) is 0 Å². The van der Waals surface area contributed by atoms with Gasteiger partial charge in [0.15, 0.2) is 0 Å². The molecular formula is C18H21BO2S3. The van der Waals surface area contributed by atoms with E-state index in [-0.39, 0.29) is 18.3 Å². The molecule has 0 N–H and O–H groups in total. The minimum Gasteiger partial charge on any atom is -0.399 e. The van der Waals surface area contributed by atoms with Crippen LogP contribution in [0, 0.1) is 0 Å². The van der Waals surface area contributed by atoms with Crippen molar-refractivity contribution >= 4 is 67.4 Å². The number of thiophene rings is 1. The molecule has 2 aromatic carbocycles. The Labute approximate surface area is 157 Å². The quantitative estimate of drug-likeness (QED) is 0.349. The predicted octanol–water partition coefficient (Wildman–Crippen LogP) is 5.11. The van der Waals surface area contributed by atoms with Crippen LogP contribution >= 0.6 is 34.7 Å². The first kappa shape index (κ1) is 18.1. The highest BCUT2D eigenvalue weighted by Gasteiger charge is 2.52. The van der Waals surface area contributed by atoms with Gasteiger partial charge in [-0.15, -0.1) is 34.7 Å². The van der Waals surface area contributed by atoms with Crippen LogP contribution in [0.25, 0.3) is 20.2 Å². The van der Waals surface area contributed by atoms with E-state index in [1.807, 2.05) is 11.3 Å². The topological polar surface area (TPSA) is 18.5 Å². The van der Waals surface area contributed by atoms with Crippen molar-refractivity contribution in [3.63, 3.8) is 0 Å². The molecule has 0 bridgehead atoms. The van der Waals surface area contributed by atoms with Gasteiger partial charge >= 0.3 is 7.12 Å². The molecule has 0 unspecified atom stereocenters. The van der Waals surface area contributed by atoms with E-state index in [0.29, 0.717) is 0 Å². The van der Waals surface area contributed by atoms with Crippen molar-refractivity contribution in [1.82, 2.24) is 0 Å². The minimum absolute atomic E-state index is 0.304. The van der Waals surface area contributed by atoms with Crippen molar-refractivity contribution in [2.45, 2.75) is 38.9 Å². The van der Waals surface area contributed by atoms with E-state index in [2.05, 4.69) is 93.5 Å². The maximum atomic E-state index is 6.24. The number of thiol groups is 2. The van der Waals surface area contributed by atoms with Crippen molar-refractivity contribution in [2.24, 2.45) is 0 Å². The molecule has 126 valence electrons. The van der Waals surface area contributed by atoms with Gasteiger partial charge in [0.05, 0.1) is 11.2 Å². The van der Waals surface area contributed by atoms with Crippen LogP contribution in [0.3, 0.4) is 0 Å². The Morgan fingerprint density at radius 3 is 2.08 bits per heavy atom. The molecule has 1 aromatic heterocycles. The summed E-state index contributed by atoms with van der Waals surface area (Å²) in [6.45, 7) is 8.38. The number of benzene rings is 2. The maximum Gasteiger partial charge on any atom is 0.496 e. The molecular weight excluding hydrogens is 355 g/mol. The zero-order valence-corrected chi connectivity index (χ0v) is 16.8. The second-order valence-corrected chi connectivity index (χ2v) is 7.96. The zero-order chi connectivity index (χ0) is 17.5. The molecule has 6 heteroatoms. The van der Waals surface area contributed by atoms with E-state index in [4.69, 9.17) is 9.31 Å². The number of rotatable bonds is 1. The molecule has 0 amide bonds. The number of hydrogen-bond donors (Lipinski definition) is 2. The number of hydrogen-bond acceptors (Lipinski definition) is 5. The largest absolute Gasteiger partial charge is 0.496 e. The Morgan fingerprint density at radius 1 is 0.833 bits per heavy atom. The molecule has 4 rings (SSSR count). The zero-order valence-electron chi connectivity index (χ0n) is 14.2. The molecule has 0 saturated carbocycles. The fraction of sp³-hybridized carbons (Fsp3) is 0.333. The van der Waals surface area contributed by atoms with Crippen LogP contribution < -0.4 is 5.46 Å². The maximum absolute atomic E-state index is 6.24. The lowest BCUT2D eigenvalue weighted by Gasteiger charge is -2.32. The molecule has 2 nitrogen and oxygen atoms in total. The summed E-state index contributed by atoms with van der Waals surface area (Å²) in [5, 5.41) is 2.59. The highest BCUT2D eigenvalue weighted by atomic mass is 33.1. The normalized spacial score (nSPS) is 18.7. The predicted molar refractivity (Wildman–Crippen MR) is 113 cm³/mol. The lowest BCUT2D eigenvalue weighted by atomic mass is 9.78. The first-order chi connectivity index (χ1) is 11.4. The summed E-state index contributed by atoms with van der Waals surface area (Å²) < 4.78 is 15.1. The third-order valence-corrected chi connectivity index (χ3v) is 6.18. The second-order valence-electron chi connectivity index (χ2n) is 6.91. The van der Waals surface area contributed by atoms with Crippen LogP contribution in [0.4, 0.5) is 0 Å². The number of fused-ring (bicyclic) bond motifs is 3. The first-order valence-corrected chi connectivity index (χ1v) is 10.3. The van der Waals surface area contributed by atoms with E-state index in [1.54, 1.807) is 0 Å². The van der Waals surface area contributed by atoms with Crippen molar-refractivity contribution in [1.29, 1.82) is 0 Å². The van der Waals surface area contributed by atoms with E-state index in [0.717, 1.165) is 5.46 Å². The third-order valence-electron chi connectivity index (χ3n) is 4.94. The second kappa shape index (κ2) is 6.58. The Morgan fingerprint density at radius 2 is 1.42 bits per heavy atom. The van der Waals surface area contributed by atoms with E-state index < -0.39 is 0 Å². The van der Waals surface area contributed by atoms with Gasteiger partial charge < -0.3 is 9.31 Å². The van der Waals surface area contributed by atoms with Gasteiger partial charge in [0.1, 0.15) is 0 Å². The van der Waals surface area contributed by atoms with E-state index in [1.165, 1.54) is 20.2 Å². The van der Waals surface area contributed by atoms with Crippen LogP contribution in [-0.4, -0.2) is 18.3 Å². The molecule has 0 aliphatic carbocycles. The first-order valence-electron chi connectivity index (χ1n) is 7.85. The van der Waals surface area contributed by atoms with Gasteiger partial charge in [0.25, 0.3) is 0 Å². The van der Waals surface area contributed by atoms with Crippen molar-refractivity contribution < 1.29 is 9.31 Å².